The van der Waals surface area contributed by atoms with Crippen molar-refractivity contribution >= 4 is 5.78 Å². The summed E-state index contributed by atoms with van der Waals surface area (Å²) in [7, 11) is 0. The molecular weight excluding hydrogens is 286 g/mol. The van der Waals surface area contributed by atoms with Gasteiger partial charge in [-0.05, 0) is 44.5 Å². The molecule has 0 aliphatic rings. The van der Waals surface area contributed by atoms with Crippen molar-refractivity contribution in [2.24, 2.45) is 0 Å². The minimum atomic E-state index is 0.190. The molecule has 23 heavy (non-hydrogen) atoms. The Morgan fingerprint density at radius 3 is 2.61 bits per heavy atom. The fourth-order valence-electron chi connectivity index (χ4n) is 2.40. The van der Waals surface area contributed by atoms with Gasteiger partial charge in [0.15, 0.2) is 5.78 Å². The standard InChI is InChI=1S/C20H25NO2/c1-15-9-10-16(2)19(13-15)20(22)11-12-21-17(3)14-23-18-7-5-4-6-8-18/h4-10,13,17,21H,11-12,14H2,1-3H3. The summed E-state index contributed by atoms with van der Waals surface area (Å²) in [4.78, 5) is 12.3. The maximum atomic E-state index is 12.3. The molecule has 0 saturated carbocycles. The predicted molar refractivity (Wildman–Crippen MR) is 94.3 cm³/mol. The molecule has 0 amide bonds. The van der Waals surface area contributed by atoms with Crippen LogP contribution in [0.1, 0.15) is 34.8 Å². The number of Topliss-reactive ketones (excluding diaryl/α,β-unsaturated/α-hetero) is 1. The molecule has 0 saturated heterocycles. The summed E-state index contributed by atoms with van der Waals surface area (Å²) in [6, 6.07) is 16.0. The highest BCUT2D eigenvalue weighted by Crippen LogP contribution is 2.13. The third-order valence-electron chi connectivity index (χ3n) is 3.78. The second-order valence-electron chi connectivity index (χ2n) is 5.97. The van der Waals surface area contributed by atoms with Gasteiger partial charge in [-0.15, -0.1) is 0 Å². The van der Waals surface area contributed by atoms with Crippen molar-refractivity contribution in [3.63, 3.8) is 0 Å². The van der Waals surface area contributed by atoms with Gasteiger partial charge < -0.3 is 10.1 Å². The van der Waals surface area contributed by atoms with E-state index in [1.807, 2.05) is 62.4 Å². The van der Waals surface area contributed by atoms with E-state index in [9.17, 15) is 4.79 Å². The maximum absolute atomic E-state index is 12.3. The number of ketones is 1. The molecule has 2 rings (SSSR count). The molecule has 0 radical (unpaired) electrons. The van der Waals surface area contributed by atoms with E-state index in [2.05, 4.69) is 12.2 Å². The number of hydrogen-bond acceptors (Lipinski definition) is 3. The first-order chi connectivity index (χ1) is 11.1. The van der Waals surface area contributed by atoms with Crippen LogP contribution in [0.25, 0.3) is 0 Å². The molecule has 0 spiro atoms. The summed E-state index contributed by atoms with van der Waals surface area (Å²) in [6.07, 6.45) is 0.500. The van der Waals surface area contributed by atoms with E-state index in [1.54, 1.807) is 0 Å². The van der Waals surface area contributed by atoms with Crippen molar-refractivity contribution in [3.05, 3.63) is 65.2 Å². The first-order valence-electron chi connectivity index (χ1n) is 8.08. The Labute approximate surface area is 138 Å². The Morgan fingerprint density at radius 2 is 1.87 bits per heavy atom. The number of aryl methyl sites for hydroxylation is 2. The van der Waals surface area contributed by atoms with E-state index in [4.69, 9.17) is 4.74 Å². The van der Waals surface area contributed by atoms with Gasteiger partial charge in [0.2, 0.25) is 0 Å². The minimum Gasteiger partial charge on any atom is -0.492 e. The zero-order valence-electron chi connectivity index (χ0n) is 14.1. The molecule has 2 aromatic carbocycles. The summed E-state index contributed by atoms with van der Waals surface area (Å²) >= 11 is 0. The topological polar surface area (TPSA) is 38.3 Å². The molecular formula is C20H25NO2. The lowest BCUT2D eigenvalue weighted by molar-refractivity contribution is 0.0980. The first-order valence-corrected chi connectivity index (χ1v) is 8.08. The third-order valence-corrected chi connectivity index (χ3v) is 3.78. The monoisotopic (exact) mass is 311 g/mol. The highest BCUT2D eigenvalue weighted by Gasteiger charge is 2.10. The Kier molecular flexibility index (Phi) is 6.36. The molecule has 3 nitrogen and oxygen atoms in total. The Hall–Kier alpha value is -2.13. The highest BCUT2D eigenvalue weighted by atomic mass is 16.5. The van der Waals surface area contributed by atoms with Crippen molar-refractivity contribution < 1.29 is 9.53 Å². The second kappa shape index (κ2) is 8.49. The number of carbonyl (C=O) groups excluding carboxylic acids is 1. The predicted octanol–water partition coefficient (Wildman–Crippen LogP) is 3.93. The number of ether oxygens (including phenoxy) is 1. The zero-order valence-corrected chi connectivity index (χ0v) is 14.1. The van der Waals surface area contributed by atoms with Crippen LogP contribution in [-0.4, -0.2) is 25.0 Å². The third kappa shape index (κ3) is 5.53. The van der Waals surface area contributed by atoms with E-state index in [0.29, 0.717) is 19.6 Å². The number of hydrogen-bond donors (Lipinski definition) is 1. The number of nitrogens with one attached hydrogen (secondary N) is 1. The van der Waals surface area contributed by atoms with Crippen molar-refractivity contribution in [2.75, 3.05) is 13.2 Å². The van der Waals surface area contributed by atoms with Gasteiger partial charge in [0.1, 0.15) is 12.4 Å². The van der Waals surface area contributed by atoms with Gasteiger partial charge in [-0.2, -0.15) is 0 Å². The van der Waals surface area contributed by atoms with E-state index in [-0.39, 0.29) is 11.8 Å². The quantitative estimate of drug-likeness (QED) is 0.751. The van der Waals surface area contributed by atoms with Crippen molar-refractivity contribution in [3.8, 4) is 5.75 Å². The second-order valence-corrected chi connectivity index (χ2v) is 5.97. The van der Waals surface area contributed by atoms with Crippen LogP contribution in [0, 0.1) is 13.8 Å². The summed E-state index contributed by atoms with van der Waals surface area (Å²) in [5, 5.41) is 3.34. The van der Waals surface area contributed by atoms with Crippen molar-refractivity contribution in [1.82, 2.24) is 5.32 Å². The lowest BCUT2D eigenvalue weighted by Gasteiger charge is -2.15. The van der Waals surface area contributed by atoms with Gasteiger partial charge in [-0.25, -0.2) is 0 Å². The van der Waals surface area contributed by atoms with E-state index in [0.717, 1.165) is 22.4 Å². The Bertz CT molecular complexity index is 637. The molecule has 0 aliphatic heterocycles. The molecule has 0 aromatic heterocycles. The fourth-order valence-corrected chi connectivity index (χ4v) is 2.40. The van der Waals surface area contributed by atoms with Gasteiger partial charge in [-0.3, -0.25) is 4.79 Å². The molecule has 122 valence electrons. The lowest BCUT2D eigenvalue weighted by Crippen LogP contribution is -2.33. The van der Waals surface area contributed by atoms with Crippen molar-refractivity contribution in [2.45, 2.75) is 33.2 Å². The number of carbonyl (C=O) groups is 1. The van der Waals surface area contributed by atoms with Gasteiger partial charge in [-0.1, -0.05) is 35.9 Å². The van der Waals surface area contributed by atoms with Crippen LogP contribution >= 0.6 is 0 Å². The van der Waals surface area contributed by atoms with Crippen LogP contribution in [0.2, 0.25) is 0 Å². The highest BCUT2D eigenvalue weighted by molar-refractivity contribution is 5.97. The molecule has 1 unspecified atom stereocenters. The molecule has 1 N–H and O–H groups in total. The van der Waals surface area contributed by atoms with E-state index >= 15 is 0 Å². The van der Waals surface area contributed by atoms with Crippen LogP contribution in [0.4, 0.5) is 0 Å². The summed E-state index contributed by atoms with van der Waals surface area (Å²) in [6.45, 7) is 7.30. The average molecular weight is 311 g/mol. The van der Waals surface area contributed by atoms with Gasteiger partial charge in [0.25, 0.3) is 0 Å². The van der Waals surface area contributed by atoms with E-state index in [1.165, 1.54) is 0 Å². The fraction of sp³-hybridized carbons (Fsp3) is 0.350. The van der Waals surface area contributed by atoms with E-state index < -0.39 is 0 Å². The molecule has 3 heteroatoms. The summed E-state index contributed by atoms with van der Waals surface area (Å²) in [5.74, 6) is 1.06. The smallest absolute Gasteiger partial charge is 0.164 e. The number of benzene rings is 2. The van der Waals surface area contributed by atoms with Gasteiger partial charge in [0, 0.05) is 24.6 Å². The van der Waals surface area contributed by atoms with Crippen LogP contribution < -0.4 is 10.1 Å². The molecule has 0 heterocycles. The Balaban J connectivity index is 1.73. The van der Waals surface area contributed by atoms with Crippen LogP contribution in [-0.2, 0) is 0 Å². The SMILES string of the molecule is Cc1ccc(C)c(C(=O)CCNC(C)COc2ccccc2)c1. The molecule has 1 atom stereocenters. The minimum absolute atomic E-state index is 0.190. The normalized spacial score (nSPS) is 12.0. The summed E-state index contributed by atoms with van der Waals surface area (Å²) in [5.41, 5.74) is 3.00. The Morgan fingerprint density at radius 1 is 1.13 bits per heavy atom. The molecule has 2 aromatic rings. The van der Waals surface area contributed by atoms with Gasteiger partial charge >= 0.3 is 0 Å². The molecule has 0 aliphatic carbocycles. The summed E-state index contributed by atoms with van der Waals surface area (Å²) < 4.78 is 5.70. The number of rotatable bonds is 8. The van der Waals surface area contributed by atoms with Crippen molar-refractivity contribution in [1.29, 1.82) is 0 Å². The largest absolute Gasteiger partial charge is 0.492 e. The molecule has 0 bridgehead atoms. The molecule has 0 fully saturated rings. The van der Waals surface area contributed by atoms with Gasteiger partial charge in [0.05, 0.1) is 0 Å². The maximum Gasteiger partial charge on any atom is 0.164 e. The lowest BCUT2D eigenvalue weighted by atomic mass is 10.0. The average Bonchev–Trinajstić information content (AvgIpc) is 2.56. The first kappa shape index (κ1) is 17.2. The van der Waals surface area contributed by atoms with Crippen LogP contribution in [0.15, 0.2) is 48.5 Å². The van der Waals surface area contributed by atoms with Crippen LogP contribution in [0.5, 0.6) is 5.75 Å². The number of para-hydroxylation sites is 1. The van der Waals surface area contributed by atoms with Crippen LogP contribution in [0.3, 0.4) is 0 Å². The zero-order chi connectivity index (χ0) is 16.7.